The van der Waals surface area contributed by atoms with Gasteiger partial charge in [-0.05, 0) is 62.8 Å². The van der Waals surface area contributed by atoms with Crippen molar-refractivity contribution in [1.82, 2.24) is 34.0 Å². The molecule has 1 unspecified atom stereocenters. The number of piperidine rings is 1. The summed E-state index contributed by atoms with van der Waals surface area (Å²) in [5.74, 6) is -0.982. The highest BCUT2D eigenvalue weighted by molar-refractivity contribution is 6.33. The molecule has 274 valence electrons. The number of aromatic hydroxyl groups is 1. The standard InChI is InChI=1S/C34H34ClF3N8O6/c1-18-28(48)27(40-17-39-18)31(50)44-12-10-33(11-13-44)26-24(9-14-52-33)45(16-25(47)41-23-8-5-20(15-22(23)35)34(36,37)38)32-42-29(43-46(32)30(26)49)19-3-6-21(51-2)7-4-19/h3,5,8,15,17,21,48H,4,6-7,9-14,16H2,1-2H3,(H,41,47). The molecule has 0 radical (unpaired) electrons. The zero-order chi connectivity index (χ0) is 36.9. The van der Waals surface area contributed by atoms with Crippen LogP contribution >= 0.6 is 11.6 Å². The lowest BCUT2D eigenvalue weighted by atomic mass is 9.81. The maximum Gasteiger partial charge on any atom is 0.416 e. The van der Waals surface area contributed by atoms with Crippen molar-refractivity contribution in [2.24, 2.45) is 0 Å². The van der Waals surface area contributed by atoms with E-state index < -0.39 is 34.7 Å². The summed E-state index contributed by atoms with van der Waals surface area (Å²) in [6, 6.07) is 2.64. The average Bonchev–Trinajstić information content (AvgIpc) is 3.58. The minimum atomic E-state index is -4.62. The average molecular weight is 743 g/mol. The lowest BCUT2D eigenvalue weighted by molar-refractivity contribution is -0.137. The molecule has 1 aliphatic carbocycles. The number of carbonyl (C=O) groups excluding carboxylic acids is 2. The fraction of sp³-hybridized carbons (Fsp3) is 0.441. The Morgan fingerprint density at radius 3 is 2.63 bits per heavy atom. The molecule has 2 amide bonds. The summed E-state index contributed by atoms with van der Waals surface area (Å²) >= 11 is 6.14. The van der Waals surface area contributed by atoms with Gasteiger partial charge < -0.3 is 29.4 Å². The SMILES string of the molecule is COC1CC=C(c2nc3n(CC(=O)Nc4ccc(C(F)(F)F)cc4Cl)c4c(c(=O)n3n2)C2(CCN(C(=O)c3ncnc(C)c3O)CC2)OCC4)CC1. The Bertz CT molecular complexity index is 2180. The van der Waals surface area contributed by atoms with E-state index in [0.29, 0.717) is 24.4 Å². The number of benzene rings is 1. The number of likely N-dealkylation sites (tertiary alicyclic amines) is 1. The number of methoxy groups -OCH3 is 1. The van der Waals surface area contributed by atoms with Gasteiger partial charge in [0.2, 0.25) is 11.7 Å². The molecular weight excluding hydrogens is 709 g/mol. The molecule has 7 rings (SSSR count). The minimum Gasteiger partial charge on any atom is -0.504 e. The predicted octanol–water partition coefficient (Wildman–Crippen LogP) is 4.29. The van der Waals surface area contributed by atoms with Crippen molar-refractivity contribution in [3.63, 3.8) is 0 Å². The van der Waals surface area contributed by atoms with Crippen LogP contribution in [0.5, 0.6) is 5.75 Å². The van der Waals surface area contributed by atoms with Crippen molar-refractivity contribution < 1.29 is 37.3 Å². The van der Waals surface area contributed by atoms with Crippen LogP contribution in [0.15, 0.2) is 35.4 Å². The topological polar surface area (TPSA) is 166 Å². The maximum atomic E-state index is 14.4. The number of carbonyl (C=O) groups is 2. The number of nitrogens with one attached hydrogen (secondary N) is 1. The number of alkyl halides is 3. The predicted molar refractivity (Wildman–Crippen MR) is 180 cm³/mol. The van der Waals surface area contributed by atoms with Crippen molar-refractivity contribution in [2.75, 3.05) is 32.1 Å². The summed E-state index contributed by atoms with van der Waals surface area (Å²) in [5, 5.41) is 17.3. The van der Waals surface area contributed by atoms with Gasteiger partial charge in [-0.2, -0.15) is 22.7 Å². The van der Waals surface area contributed by atoms with Gasteiger partial charge in [-0.3, -0.25) is 14.4 Å². The number of hydrogen-bond donors (Lipinski definition) is 2. The van der Waals surface area contributed by atoms with E-state index in [4.69, 9.17) is 26.1 Å². The van der Waals surface area contributed by atoms with Crippen molar-refractivity contribution in [1.29, 1.82) is 0 Å². The molecule has 52 heavy (non-hydrogen) atoms. The molecular formula is C34H34ClF3N8O6. The van der Waals surface area contributed by atoms with Crippen LogP contribution < -0.4 is 10.9 Å². The number of ether oxygens (including phenoxy) is 2. The lowest BCUT2D eigenvalue weighted by Gasteiger charge is -2.44. The Labute approximate surface area is 299 Å². The van der Waals surface area contributed by atoms with Crippen molar-refractivity contribution in [3.8, 4) is 5.75 Å². The van der Waals surface area contributed by atoms with E-state index in [9.17, 15) is 32.7 Å². The van der Waals surface area contributed by atoms with Crippen LogP contribution in [0.25, 0.3) is 11.4 Å². The molecule has 2 N–H and O–H groups in total. The summed E-state index contributed by atoms with van der Waals surface area (Å²) in [7, 11) is 1.64. The summed E-state index contributed by atoms with van der Waals surface area (Å²) < 4.78 is 54.3. The molecule has 0 bridgehead atoms. The van der Waals surface area contributed by atoms with Crippen molar-refractivity contribution in [3.05, 3.63) is 80.0 Å². The highest BCUT2D eigenvalue weighted by Gasteiger charge is 2.46. The first kappa shape index (κ1) is 35.5. The molecule has 0 saturated carbocycles. The molecule has 1 fully saturated rings. The Kier molecular flexibility index (Phi) is 9.29. The molecule has 14 nitrogen and oxygen atoms in total. The fourth-order valence-electron chi connectivity index (χ4n) is 7.13. The number of aromatic nitrogens is 6. The van der Waals surface area contributed by atoms with Gasteiger partial charge in [0.25, 0.3) is 11.5 Å². The van der Waals surface area contributed by atoms with E-state index >= 15 is 0 Å². The number of anilines is 1. The zero-order valence-electron chi connectivity index (χ0n) is 28.2. The second kappa shape index (κ2) is 13.6. The third-order valence-corrected chi connectivity index (χ3v) is 10.3. The van der Waals surface area contributed by atoms with E-state index in [-0.39, 0.29) is 90.8 Å². The highest BCUT2D eigenvalue weighted by atomic mass is 35.5. The Morgan fingerprint density at radius 1 is 1.19 bits per heavy atom. The molecule has 1 saturated heterocycles. The van der Waals surface area contributed by atoms with E-state index in [1.54, 1.807) is 18.6 Å². The normalized spacial score (nSPS) is 18.7. The molecule has 1 aromatic carbocycles. The first-order valence-electron chi connectivity index (χ1n) is 16.6. The van der Waals surface area contributed by atoms with E-state index in [2.05, 4.69) is 20.4 Å². The number of allylic oxidation sites excluding steroid dienone is 1. The van der Waals surface area contributed by atoms with Gasteiger partial charge in [-0.1, -0.05) is 17.7 Å². The quantitative estimate of drug-likeness (QED) is 0.291. The van der Waals surface area contributed by atoms with Crippen LogP contribution in [0.3, 0.4) is 0 Å². The van der Waals surface area contributed by atoms with Gasteiger partial charge in [0, 0.05) is 32.3 Å². The summed E-state index contributed by atoms with van der Waals surface area (Å²) in [6.45, 7) is 1.72. The third-order valence-electron chi connectivity index (χ3n) is 9.95. The number of fused-ring (bicyclic) bond motifs is 3. The number of hydrogen-bond acceptors (Lipinski definition) is 10. The van der Waals surface area contributed by atoms with Crippen LogP contribution in [0, 0.1) is 6.92 Å². The summed E-state index contributed by atoms with van der Waals surface area (Å²) in [6.07, 6.45) is 1.25. The van der Waals surface area contributed by atoms with E-state index in [1.807, 2.05) is 6.08 Å². The Balaban J connectivity index is 1.26. The number of amides is 2. The van der Waals surface area contributed by atoms with Gasteiger partial charge in [0.15, 0.2) is 17.3 Å². The number of nitrogens with zero attached hydrogens (tertiary/aromatic N) is 7. The summed E-state index contributed by atoms with van der Waals surface area (Å²) in [4.78, 5) is 55.6. The van der Waals surface area contributed by atoms with Gasteiger partial charge >= 0.3 is 6.18 Å². The molecule has 2 aliphatic heterocycles. The number of aryl methyl sites for hydroxylation is 1. The van der Waals surface area contributed by atoms with Crippen molar-refractivity contribution >= 4 is 40.5 Å². The molecule has 4 aromatic rings. The van der Waals surface area contributed by atoms with Crippen LogP contribution in [-0.4, -0.2) is 83.9 Å². The largest absolute Gasteiger partial charge is 0.504 e. The molecule has 5 heterocycles. The monoisotopic (exact) mass is 742 g/mol. The molecule has 1 spiro atoms. The minimum absolute atomic E-state index is 0.0189. The first-order chi connectivity index (χ1) is 24.8. The molecule has 3 aromatic heterocycles. The van der Waals surface area contributed by atoms with E-state index in [1.165, 1.54) is 11.2 Å². The second-order valence-corrected chi connectivity index (χ2v) is 13.4. The van der Waals surface area contributed by atoms with Gasteiger partial charge in [-0.25, -0.2) is 9.97 Å². The lowest BCUT2D eigenvalue weighted by Crippen LogP contribution is -2.52. The maximum absolute atomic E-state index is 14.4. The molecule has 3 aliphatic rings. The van der Waals surface area contributed by atoms with Gasteiger partial charge in [-0.15, -0.1) is 5.10 Å². The van der Waals surface area contributed by atoms with Crippen LogP contribution in [0.2, 0.25) is 5.02 Å². The first-order valence-corrected chi connectivity index (χ1v) is 17.0. The fourth-order valence-corrected chi connectivity index (χ4v) is 7.35. The molecule has 18 heteroatoms. The third kappa shape index (κ3) is 6.41. The highest BCUT2D eigenvalue weighted by Crippen LogP contribution is 2.41. The van der Waals surface area contributed by atoms with Gasteiger partial charge in [0.1, 0.15) is 18.5 Å². The number of halogens is 4. The van der Waals surface area contributed by atoms with Crippen LogP contribution in [0.4, 0.5) is 18.9 Å². The number of rotatable bonds is 6. The Morgan fingerprint density at radius 2 is 1.96 bits per heavy atom. The smallest absolute Gasteiger partial charge is 0.416 e. The van der Waals surface area contributed by atoms with Crippen LogP contribution in [0.1, 0.15) is 70.9 Å². The summed E-state index contributed by atoms with van der Waals surface area (Å²) in [5.41, 5.74) is -0.848. The van der Waals surface area contributed by atoms with Crippen molar-refractivity contribution in [2.45, 2.75) is 69.9 Å². The second-order valence-electron chi connectivity index (χ2n) is 13.0. The van der Waals surface area contributed by atoms with Crippen LogP contribution in [-0.2, 0) is 39.0 Å². The molecule has 1 atom stereocenters. The zero-order valence-corrected chi connectivity index (χ0v) is 28.9. The Hall–Kier alpha value is -4.87. The van der Waals surface area contributed by atoms with E-state index in [0.717, 1.165) is 34.7 Å². The van der Waals surface area contributed by atoms with Gasteiger partial charge in [0.05, 0.1) is 40.2 Å².